The number of hydrogen-bond acceptors (Lipinski definition) is 8. The molecule has 10 heteroatoms. The van der Waals surface area contributed by atoms with Crippen LogP contribution in [0, 0.1) is 5.92 Å². The number of carbonyl (C=O) groups excluding carboxylic acids is 3. The fourth-order valence-electron chi connectivity index (χ4n) is 2.50. The van der Waals surface area contributed by atoms with E-state index in [0.717, 1.165) is 0 Å². The summed E-state index contributed by atoms with van der Waals surface area (Å²) in [5.74, 6) is -1.29. The molecule has 1 amide bonds. The maximum absolute atomic E-state index is 11.7. The molecular weight excluding hydrogens is 378 g/mol. The molecule has 0 radical (unpaired) electrons. The Morgan fingerprint density at radius 2 is 2.04 bits per heavy atom. The summed E-state index contributed by atoms with van der Waals surface area (Å²) in [7, 11) is 0. The molecule has 1 aliphatic heterocycles. The van der Waals surface area contributed by atoms with Crippen LogP contribution in [0.2, 0.25) is 5.15 Å². The maximum atomic E-state index is 11.7. The lowest BCUT2D eigenvalue weighted by Crippen LogP contribution is -2.31. The van der Waals surface area contributed by atoms with Crippen LogP contribution in [0.25, 0.3) is 0 Å². The zero-order valence-corrected chi connectivity index (χ0v) is 16.3. The molecule has 1 aromatic rings. The fourth-order valence-corrected chi connectivity index (χ4v) is 2.75. The van der Waals surface area contributed by atoms with Crippen molar-refractivity contribution in [1.82, 2.24) is 9.97 Å². The minimum Gasteiger partial charge on any atom is -0.463 e. The van der Waals surface area contributed by atoms with E-state index in [0.29, 0.717) is 12.0 Å². The zero-order chi connectivity index (χ0) is 20.1. The van der Waals surface area contributed by atoms with E-state index < -0.39 is 30.3 Å². The van der Waals surface area contributed by atoms with Gasteiger partial charge in [0.15, 0.2) is 0 Å². The van der Waals surface area contributed by atoms with Gasteiger partial charge >= 0.3 is 11.9 Å². The monoisotopic (exact) mass is 399 g/mol. The highest BCUT2D eigenvalue weighted by atomic mass is 35.5. The van der Waals surface area contributed by atoms with Crippen LogP contribution in [0.15, 0.2) is 6.20 Å². The lowest BCUT2D eigenvalue weighted by molar-refractivity contribution is -0.154. The van der Waals surface area contributed by atoms with E-state index in [-0.39, 0.29) is 29.5 Å². The Hall–Kier alpha value is -2.26. The van der Waals surface area contributed by atoms with Gasteiger partial charge in [0.2, 0.25) is 11.9 Å². The number of halogens is 1. The van der Waals surface area contributed by atoms with Crippen LogP contribution in [-0.2, 0) is 28.6 Å². The van der Waals surface area contributed by atoms with Gasteiger partial charge in [-0.25, -0.2) is 9.97 Å². The molecule has 1 N–H and O–H groups in total. The van der Waals surface area contributed by atoms with Crippen molar-refractivity contribution in [2.75, 3.05) is 11.9 Å². The van der Waals surface area contributed by atoms with Crippen molar-refractivity contribution >= 4 is 35.4 Å². The van der Waals surface area contributed by atoms with Gasteiger partial charge in [-0.2, -0.15) is 0 Å². The molecule has 2 rings (SSSR count). The van der Waals surface area contributed by atoms with Gasteiger partial charge in [-0.3, -0.25) is 19.7 Å². The maximum Gasteiger partial charge on any atom is 0.302 e. The first kappa shape index (κ1) is 21.0. The van der Waals surface area contributed by atoms with Crippen LogP contribution < -0.4 is 5.32 Å². The highest BCUT2D eigenvalue weighted by Crippen LogP contribution is 2.37. The Bertz CT molecular complexity index is 727. The zero-order valence-electron chi connectivity index (χ0n) is 15.5. The number of nitrogens with zero attached hydrogens (tertiary/aromatic N) is 2. The molecular formula is C17H22ClN3O6. The van der Waals surface area contributed by atoms with E-state index in [1.54, 1.807) is 13.8 Å². The molecule has 3 atom stereocenters. The van der Waals surface area contributed by atoms with E-state index in [4.69, 9.17) is 25.8 Å². The smallest absolute Gasteiger partial charge is 0.302 e. The Balaban J connectivity index is 2.13. The molecule has 0 spiro atoms. The van der Waals surface area contributed by atoms with E-state index in [9.17, 15) is 14.4 Å². The second-order valence-corrected chi connectivity index (χ2v) is 6.79. The molecule has 0 aliphatic carbocycles. The quantitative estimate of drug-likeness (QED) is 0.570. The van der Waals surface area contributed by atoms with Crippen LogP contribution >= 0.6 is 11.6 Å². The van der Waals surface area contributed by atoms with Crippen LogP contribution in [0.1, 0.15) is 45.8 Å². The van der Waals surface area contributed by atoms with Crippen LogP contribution in [-0.4, -0.2) is 46.6 Å². The number of hydrogen-bond donors (Lipinski definition) is 1. The molecule has 1 unspecified atom stereocenters. The average Bonchev–Trinajstić information content (AvgIpc) is 2.94. The van der Waals surface area contributed by atoms with Crippen LogP contribution in [0.4, 0.5) is 5.95 Å². The van der Waals surface area contributed by atoms with Crippen molar-refractivity contribution in [2.24, 2.45) is 5.92 Å². The van der Waals surface area contributed by atoms with Gasteiger partial charge < -0.3 is 14.2 Å². The molecule has 1 aliphatic rings. The second kappa shape index (κ2) is 9.09. The summed E-state index contributed by atoms with van der Waals surface area (Å²) < 4.78 is 16.1. The van der Waals surface area contributed by atoms with Crippen molar-refractivity contribution < 1.29 is 28.6 Å². The first-order valence-electron chi connectivity index (χ1n) is 8.46. The third-order valence-electron chi connectivity index (χ3n) is 3.84. The van der Waals surface area contributed by atoms with Gasteiger partial charge in [0.25, 0.3) is 0 Å². The fraction of sp³-hybridized carbons (Fsp3) is 0.588. The van der Waals surface area contributed by atoms with Gasteiger partial charge in [0.05, 0.1) is 6.10 Å². The number of aromatic nitrogens is 2. The Labute approximate surface area is 161 Å². The predicted molar refractivity (Wildman–Crippen MR) is 94.9 cm³/mol. The summed E-state index contributed by atoms with van der Waals surface area (Å²) in [4.78, 5) is 42.3. The Kier molecular flexibility index (Phi) is 7.09. The summed E-state index contributed by atoms with van der Waals surface area (Å²) in [5.41, 5.74) is 0.488. The number of rotatable bonds is 6. The van der Waals surface area contributed by atoms with E-state index >= 15 is 0 Å². The van der Waals surface area contributed by atoms with E-state index in [2.05, 4.69) is 15.3 Å². The topological polar surface area (TPSA) is 117 Å². The molecule has 2 heterocycles. The first-order chi connectivity index (χ1) is 12.7. The highest BCUT2D eigenvalue weighted by molar-refractivity contribution is 6.30. The molecule has 0 saturated carbocycles. The molecule has 0 aromatic carbocycles. The number of esters is 2. The first-order valence-corrected chi connectivity index (χ1v) is 8.84. The highest BCUT2D eigenvalue weighted by Gasteiger charge is 2.40. The van der Waals surface area contributed by atoms with Gasteiger partial charge in [0, 0.05) is 37.9 Å². The third kappa shape index (κ3) is 5.86. The number of nitrogens with one attached hydrogen (secondary N) is 1. The van der Waals surface area contributed by atoms with Gasteiger partial charge in [-0.1, -0.05) is 25.4 Å². The van der Waals surface area contributed by atoms with Gasteiger partial charge in [-0.05, 0) is 0 Å². The van der Waals surface area contributed by atoms with E-state index in [1.165, 1.54) is 20.0 Å². The number of ether oxygens (including phenoxy) is 3. The van der Waals surface area contributed by atoms with Crippen molar-refractivity contribution in [2.45, 2.75) is 52.4 Å². The van der Waals surface area contributed by atoms with Crippen LogP contribution in [0.5, 0.6) is 0 Å². The van der Waals surface area contributed by atoms with E-state index in [1.807, 2.05) is 0 Å². The van der Waals surface area contributed by atoms with Crippen molar-refractivity contribution in [1.29, 1.82) is 0 Å². The Morgan fingerprint density at radius 3 is 2.59 bits per heavy atom. The van der Waals surface area contributed by atoms with Gasteiger partial charge in [-0.15, -0.1) is 0 Å². The predicted octanol–water partition coefficient (Wildman–Crippen LogP) is 2.05. The molecule has 9 nitrogen and oxygen atoms in total. The lowest BCUT2D eigenvalue weighted by atomic mass is 10.1. The summed E-state index contributed by atoms with van der Waals surface area (Å²) in [5, 5.41) is 2.68. The SMILES string of the molecule is CC(=O)OC[C@H]1O[C@@H](c2cnc(NC(=O)C(C)C)nc2Cl)CC1OC(C)=O. The molecule has 1 aromatic heterocycles. The van der Waals surface area contributed by atoms with Crippen molar-refractivity contribution in [3.63, 3.8) is 0 Å². The summed E-state index contributed by atoms with van der Waals surface area (Å²) >= 11 is 6.23. The lowest BCUT2D eigenvalue weighted by Gasteiger charge is -2.17. The molecule has 1 saturated heterocycles. The normalized spacial score (nSPS) is 21.8. The van der Waals surface area contributed by atoms with Crippen molar-refractivity contribution in [3.8, 4) is 0 Å². The largest absolute Gasteiger partial charge is 0.463 e. The average molecular weight is 400 g/mol. The molecule has 27 heavy (non-hydrogen) atoms. The third-order valence-corrected chi connectivity index (χ3v) is 4.15. The molecule has 0 bridgehead atoms. The summed E-state index contributed by atoms with van der Waals surface area (Å²) in [6, 6.07) is 0. The number of carbonyl (C=O) groups is 3. The molecule has 1 fully saturated rings. The minimum absolute atomic E-state index is 0.0508. The number of amides is 1. The van der Waals surface area contributed by atoms with Gasteiger partial charge in [0.1, 0.15) is 24.0 Å². The standard InChI is InChI=1S/C17H22ClN3O6/c1-8(2)16(24)21-17-19-6-11(15(18)20-17)12-5-13(26-10(4)23)14(27-12)7-25-9(3)22/h6,8,12-14H,5,7H2,1-4H3,(H,19,20,21,24)/t12-,13?,14-/m1/s1. The van der Waals surface area contributed by atoms with Crippen LogP contribution in [0.3, 0.4) is 0 Å². The number of anilines is 1. The summed E-state index contributed by atoms with van der Waals surface area (Å²) in [6.45, 7) is 6.01. The second-order valence-electron chi connectivity index (χ2n) is 6.43. The Morgan fingerprint density at radius 1 is 1.33 bits per heavy atom. The van der Waals surface area contributed by atoms with Crippen molar-refractivity contribution in [3.05, 3.63) is 16.9 Å². The summed E-state index contributed by atoms with van der Waals surface area (Å²) in [6.07, 6.45) is 0.000965. The minimum atomic E-state index is -0.626. The molecule has 148 valence electrons.